The van der Waals surface area contributed by atoms with E-state index in [1.54, 1.807) is 0 Å². The Morgan fingerprint density at radius 2 is 1.87 bits per heavy atom. The summed E-state index contributed by atoms with van der Waals surface area (Å²) in [5.74, 6) is -2.43. The molecule has 0 aliphatic rings. The van der Waals surface area contributed by atoms with Gasteiger partial charge in [0.2, 0.25) is 5.88 Å². The average Bonchev–Trinajstić information content (AvgIpc) is 2.54. The lowest BCUT2D eigenvalue weighted by atomic mass is 10.1. The molecule has 0 radical (unpaired) electrons. The second kappa shape index (κ2) is 5.77. The number of hydrogen-bond acceptors (Lipinski definition) is 4. The third-order valence-corrected chi connectivity index (χ3v) is 3.43. The number of nitrogens with one attached hydrogen (secondary N) is 1. The summed E-state index contributed by atoms with van der Waals surface area (Å²) in [6.07, 6.45) is 0. The molecule has 3 rings (SSSR count). The Morgan fingerprint density at radius 3 is 2.65 bits per heavy atom. The molecule has 2 N–H and O–H groups in total. The Kier molecular flexibility index (Phi) is 3.79. The molecule has 1 amide bonds. The predicted octanol–water partition coefficient (Wildman–Crippen LogP) is 3.52. The number of nitrogens with zero attached hydrogens (tertiary/aromatic N) is 2. The number of carbonyl (C=O) groups excluding carboxylic acids is 1. The van der Waals surface area contributed by atoms with Crippen LogP contribution in [0.2, 0.25) is 5.15 Å². The van der Waals surface area contributed by atoms with E-state index in [1.807, 2.05) is 0 Å². The van der Waals surface area contributed by atoms with Gasteiger partial charge < -0.3 is 10.4 Å². The Hall–Kier alpha value is -2.80. The number of anilines is 1. The molecular weight excluding hydrogens is 328 g/mol. The number of fused-ring (bicyclic) bond motifs is 1. The van der Waals surface area contributed by atoms with E-state index in [2.05, 4.69) is 15.5 Å². The summed E-state index contributed by atoms with van der Waals surface area (Å²) in [5, 5.41) is 19.5. The van der Waals surface area contributed by atoms with Crippen LogP contribution in [-0.2, 0) is 0 Å². The maximum Gasteiger partial charge on any atom is 0.255 e. The lowest BCUT2D eigenvalue weighted by Gasteiger charge is -2.08. The van der Waals surface area contributed by atoms with Gasteiger partial charge in [-0.1, -0.05) is 11.6 Å². The highest BCUT2D eigenvalue weighted by molar-refractivity contribution is 6.34. The number of hydrogen-bond donors (Lipinski definition) is 2. The summed E-state index contributed by atoms with van der Waals surface area (Å²) in [4.78, 5) is 12.2. The molecule has 2 aromatic carbocycles. The van der Waals surface area contributed by atoms with Crippen molar-refractivity contribution in [2.45, 2.75) is 0 Å². The van der Waals surface area contributed by atoms with Crippen LogP contribution in [0.5, 0.6) is 5.88 Å². The van der Waals surface area contributed by atoms with Gasteiger partial charge in [0.25, 0.3) is 5.91 Å². The van der Waals surface area contributed by atoms with Crippen LogP contribution < -0.4 is 5.32 Å². The number of benzene rings is 2. The van der Waals surface area contributed by atoms with Crippen molar-refractivity contribution in [2.24, 2.45) is 0 Å². The second-order valence-electron chi connectivity index (χ2n) is 4.65. The lowest BCUT2D eigenvalue weighted by molar-refractivity contribution is 0.102. The van der Waals surface area contributed by atoms with Gasteiger partial charge in [0, 0.05) is 22.4 Å². The van der Waals surface area contributed by atoms with Gasteiger partial charge >= 0.3 is 0 Å². The molecule has 8 heteroatoms. The van der Waals surface area contributed by atoms with Gasteiger partial charge in [0.15, 0.2) is 5.15 Å². The van der Waals surface area contributed by atoms with Crippen LogP contribution >= 0.6 is 11.6 Å². The largest absolute Gasteiger partial charge is 0.492 e. The number of carbonyl (C=O) groups is 1. The van der Waals surface area contributed by atoms with Crippen molar-refractivity contribution in [3.8, 4) is 5.88 Å². The fraction of sp³-hybridized carbons (Fsp3) is 0. The molecule has 23 heavy (non-hydrogen) atoms. The van der Waals surface area contributed by atoms with Crippen molar-refractivity contribution in [3.05, 3.63) is 58.7 Å². The van der Waals surface area contributed by atoms with E-state index in [-0.39, 0.29) is 22.3 Å². The van der Waals surface area contributed by atoms with Gasteiger partial charge in [-0.3, -0.25) is 4.79 Å². The molecule has 3 aromatic rings. The summed E-state index contributed by atoms with van der Waals surface area (Å²) in [5.41, 5.74) is -0.146. The van der Waals surface area contributed by atoms with Crippen molar-refractivity contribution < 1.29 is 18.7 Å². The van der Waals surface area contributed by atoms with Gasteiger partial charge in [-0.25, -0.2) is 8.78 Å². The van der Waals surface area contributed by atoms with Crippen molar-refractivity contribution in [1.29, 1.82) is 0 Å². The van der Waals surface area contributed by atoms with E-state index in [1.165, 1.54) is 18.2 Å². The number of halogens is 3. The first-order valence-electron chi connectivity index (χ1n) is 6.37. The normalized spacial score (nSPS) is 10.7. The number of aromatic hydroxyl groups is 1. The van der Waals surface area contributed by atoms with Crippen LogP contribution in [0.4, 0.5) is 14.5 Å². The molecule has 1 aromatic heterocycles. The fourth-order valence-corrected chi connectivity index (χ4v) is 2.23. The Bertz CT molecular complexity index is 934. The van der Waals surface area contributed by atoms with Gasteiger partial charge in [0.05, 0.1) is 5.69 Å². The van der Waals surface area contributed by atoms with Crippen LogP contribution in [0.15, 0.2) is 36.4 Å². The van der Waals surface area contributed by atoms with Gasteiger partial charge in [-0.05, 0) is 30.3 Å². The van der Waals surface area contributed by atoms with Crippen LogP contribution in [0.25, 0.3) is 10.8 Å². The summed E-state index contributed by atoms with van der Waals surface area (Å²) in [7, 11) is 0. The highest BCUT2D eigenvalue weighted by Crippen LogP contribution is 2.28. The molecule has 0 atom stereocenters. The van der Waals surface area contributed by atoms with E-state index in [9.17, 15) is 18.7 Å². The first-order valence-corrected chi connectivity index (χ1v) is 6.75. The Balaban J connectivity index is 1.98. The minimum absolute atomic E-state index is 0.00406. The molecule has 0 fully saturated rings. The third-order valence-electron chi connectivity index (χ3n) is 3.15. The van der Waals surface area contributed by atoms with E-state index >= 15 is 0 Å². The molecule has 0 saturated heterocycles. The highest BCUT2D eigenvalue weighted by Gasteiger charge is 2.13. The molecule has 0 unspecified atom stereocenters. The minimum atomic E-state index is -0.762. The summed E-state index contributed by atoms with van der Waals surface area (Å²) < 4.78 is 26.7. The quantitative estimate of drug-likeness (QED) is 0.751. The molecule has 0 aliphatic heterocycles. The van der Waals surface area contributed by atoms with Crippen LogP contribution in [0, 0.1) is 11.6 Å². The van der Waals surface area contributed by atoms with E-state index in [0.29, 0.717) is 10.8 Å². The predicted molar refractivity (Wildman–Crippen MR) is 80.5 cm³/mol. The summed E-state index contributed by atoms with van der Waals surface area (Å²) in [6, 6.07) is 6.93. The van der Waals surface area contributed by atoms with E-state index < -0.39 is 17.5 Å². The summed E-state index contributed by atoms with van der Waals surface area (Å²) in [6.45, 7) is 0. The molecular formula is C15H8ClF2N3O2. The fourth-order valence-electron chi connectivity index (χ4n) is 2.04. The molecule has 5 nitrogen and oxygen atoms in total. The second-order valence-corrected chi connectivity index (χ2v) is 5.01. The Labute approximate surface area is 133 Å². The number of rotatable bonds is 2. The molecule has 0 saturated carbocycles. The molecule has 116 valence electrons. The van der Waals surface area contributed by atoms with Crippen molar-refractivity contribution in [3.63, 3.8) is 0 Å². The molecule has 0 bridgehead atoms. The lowest BCUT2D eigenvalue weighted by Crippen LogP contribution is -2.13. The maximum atomic E-state index is 13.6. The van der Waals surface area contributed by atoms with Gasteiger partial charge in [-0.15, -0.1) is 10.2 Å². The van der Waals surface area contributed by atoms with E-state index in [0.717, 1.165) is 18.2 Å². The summed E-state index contributed by atoms with van der Waals surface area (Å²) >= 11 is 5.89. The van der Waals surface area contributed by atoms with Gasteiger partial charge in [-0.2, -0.15) is 0 Å². The van der Waals surface area contributed by atoms with Crippen LogP contribution in [0.1, 0.15) is 10.4 Å². The van der Waals surface area contributed by atoms with Crippen molar-refractivity contribution in [2.75, 3.05) is 5.32 Å². The minimum Gasteiger partial charge on any atom is -0.492 e. The third kappa shape index (κ3) is 2.91. The van der Waals surface area contributed by atoms with Crippen molar-refractivity contribution >= 4 is 34.0 Å². The van der Waals surface area contributed by atoms with E-state index in [4.69, 9.17) is 11.6 Å². The standard InChI is InChI=1S/C15H8ClF2N3O2/c16-13-10-5-7(1-3-9(10)15(23)21-20-13)14(22)19-12-6-8(17)2-4-11(12)18/h1-6H,(H,19,22)(H,21,23). The smallest absolute Gasteiger partial charge is 0.255 e. The maximum absolute atomic E-state index is 13.6. The molecule has 0 spiro atoms. The highest BCUT2D eigenvalue weighted by atomic mass is 35.5. The first-order chi connectivity index (χ1) is 11.0. The number of aromatic nitrogens is 2. The molecule has 0 aliphatic carbocycles. The first kappa shape index (κ1) is 15.1. The zero-order valence-electron chi connectivity index (χ0n) is 11.3. The van der Waals surface area contributed by atoms with Crippen LogP contribution in [0.3, 0.4) is 0 Å². The zero-order chi connectivity index (χ0) is 16.6. The topological polar surface area (TPSA) is 75.1 Å². The monoisotopic (exact) mass is 335 g/mol. The zero-order valence-corrected chi connectivity index (χ0v) is 12.1. The van der Waals surface area contributed by atoms with Crippen LogP contribution in [-0.4, -0.2) is 21.2 Å². The number of amides is 1. The average molecular weight is 336 g/mol. The Morgan fingerprint density at radius 1 is 1.09 bits per heavy atom. The van der Waals surface area contributed by atoms with Crippen molar-refractivity contribution in [1.82, 2.24) is 10.2 Å². The molecule has 1 heterocycles. The van der Waals surface area contributed by atoms with Gasteiger partial charge in [0.1, 0.15) is 11.6 Å². The SMILES string of the molecule is O=C(Nc1cc(F)ccc1F)c1ccc2c(O)nnc(Cl)c2c1.